The second-order valence-corrected chi connectivity index (χ2v) is 4.08. The third-order valence-electron chi connectivity index (χ3n) is 1.65. The molecule has 1 amide bonds. The summed E-state index contributed by atoms with van der Waals surface area (Å²) in [6.07, 6.45) is 0. The minimum atomic E-state index is -3.55. The quantitative estimate of drug-likeness (QED) is 0.702. The monoisotopic (exact) mass is 242 g/mol. The number of carbonyl (C=O) groups is 1. The molecule has 13 heavy (non-hydrogen) atoms. The standard InChI is InChI=1S/C7H5NO3S.Co/c9-7-5-3-1-2-4-6(5)12(10,11)8-7;/h1-4H,(H,8,9);. The zero-order valence-electron chi connectivity index (χ0n) is 6.28. The first-order valence-corrected chi connectivity index (χ1v) is 4.76. The number of fused-ring (bicyclic) bond motifs is 1. The van der Waals surface area contributed by atoms with E-state index in [1.165, 1.54) is 12.1 Å². The van der Waals surface area contributed by atoms with Gasteiger partial charge >= 0.3 is 0 Å². The zero-order chi connectivity index (χ0) is 8.77. The summed E-state index contributed by atoms with van der Waals surface area (Å²) < 4.78 is 24.2. The van der Waals surface area contributed by atoms with Crippen molar-refractivity contribution < 1.29 is 30.0 Å². The second-order valence-electron chi connectivity index (χ2n) is 2.43. The Kier molecular flexibility index (Phi) is 2.46. The van der Waals surface area contributed by atoms with Crippen LogP contribution in [0.15, 0.2) is 29.2 Å². The fraction of sp³-hybridized carbons (Fsp3) is 0. The molecule has 4 nitrogen and oxygen atoms in total. The number of sulfonamides is 1. The molecule has 0 saturated carbocycles. The van der Waals surface area contributed by atoms with Crippen LogP contribution in [0.4, 0.5) is 0 Å². The minimum absolute atomic E-state index is 0. The van der Waals surface area contributed by atoms with E-state index in [1.807, 2.05) is 4.72 Å². The molecule has 0 unspecified atom stereocenters. The molecule has 0 bridgehead atoms. The van der Waals surface area contributed by atoms with E-state index in [4.69, 9.17) is 0 Å². The zero-order valence-corrected chi connectivity index (χ0v) is 8.13. The van der Waals surface area contributed by atoms with E-state index >= 15 is 0 Å². The molecule has 0 atom stereocenters. The average Bonchev–Trinajstić information content (AvgIpc) is 2.25. The van der Waals surface area contributed by atoms with Gasteiger partial charge in [-0.15, -0.1) is 0 Å². The maximum atomic E-state index is 11.1. The summed E-state index contributed by atoms with van der Waals surface area (Å²) in [7, 11) is -3.55. The van der Waals surface area contributed by atoms with Gasteiger partial charge in [0.1, 0.15) is 4.90 Å². The molecule has 2 rings (SSSR count). The third-order valence-corrected chi connectivity index (χ3v) is 3.04. The molecule has 0 aromatic heterocycles. The van der Waals surface area contributed by atoms with Gasteiger partial charge in [-0.05, 0) is 12.1 Å². The van der Waals surface area contributed by atoms with Crippen LogP contribution in [0.2, 0.25) is 0 Å². The Balaban J connectivity index is 0.000000845. The minimum Gasteiger partial charge on any atom is -0.268 e. The molecular weight excluding hydrogens is 237 g/mol. The number of benzene rings is 1. The van der Waals surface area contributed by atoms with Crippen LogP contribution in [-0.4, -0.2) is 14.3 Å². The van der Waals surface area contributed by atoms with Gasteiger partial charge in [0.25, 0.3) is 15.9 Å². The van der Waals surface area contributed by atoms with Gasteiger partial charge < -0.3 is 0 Å². The summed E-state index contributed by atoms with van der Waals surface area (Å²) in [6, 6.07) is 6.09. The number of rotatable bonds is 0. The molecule has 0 saturated heterocycles. The summed E-state index contributed by atoms with van der Waals surface area (Å²) in [5.41, 5.74) is 0.220. The van der Waals surface area contributed by atoms with E-state index in [9.17, 15) is 13.2 Å². The van der Waals surface area contributed by atoms with Gasteiger partial charge in [0, 0.05) is 16.8 Å². The van der Waals surface area contributed by atoms with Crippen molar-refractivity contribution >= 4 is 15.9 Å². The van der Waals surface area contributed by atoms with Crippen molar-refractivity contribution in [3.8, 4) is 0 Å². The molecule has 1 aromatic carbocycles. The van der Waals surface area contributed by atoms with E-state index in [2.05, 4.69) is 0 Å². The van der Waals surface area contributed by atoms with Crippen molar-refractivity contribution in [2.24, 2.45) is 0 Å². The van der Waals surface area contributed by atoms with Crippen LogP contribution in [0.1, 0.15) is 10.4 Å². The van der Waals surface area contributed by atoms with Gasteiger partial charge in [0.2, 0.25) is 0 Å². The van der Waals surface area contributed by atoms with Gasteiger partial charge in [0.15, 0.2) is 0 Å². The van der Waals surface area contributed by atoms with Crippen LogP contribution < -0.4 is 4.72 Å². The molecular formula is C7H5CoNO3S. The van der Waals surface area contributed by atoms with Crippen LogP contribution in [0.25, 0.3) is 0 Å². The van der Waals surface area contributed by atoms with Crippen molar-refractivity contribution in [2.45, 2.75) is 4.90 Å². The molecule has 6 heteroatoms. The number of hydrogen-bond donors (Lipinski definition) is 1. The molecule has 0 aliphatic carbocycles. The SMILES string of the molecule is O=C1NS(=O)(=O)c2ccccc21.[Co]. The van der Waals surface area contributed by atoms with Crippen molar-refractivity contribution in [3.63, 3.8) is 0 Å². The molecule has 1 radical (unpaired) electrons. The fourth-order valence-corrected chi connectivity index (χ4v) is 2.29. The normalized spacial score (nSPS) is 17.1. The fourth-order valence-electron chi connectivity index (χ4n) is 1.12. The van der Waals surface area contributed by atoms with Crippen LogP contribution in [0.3, 0.4) is 0 Å². The molecule has 1 aromatic rings. The molecule has 1 aliphatic rings. The van der Waals surface area contributed by atoms with Crippen LogP contribution in [-0.2, 0) is 26.8 Å². The molecule has 0 spiro atoms. The van der Waals surface area contributed by atoms with E-state index in [1.54, 1.807) is 12.1 Å². The Morgan fingerprint density at radius 2 is 1.77 bits per heavy atom. The summed E-state index contributed by atoms with van der Waals surface area (Å²) in [6.45, 7) is 0. The predicted octanol–water partition coefficient (Wildman–Crippen LogP) is 0.116. The maximum Gasteiger partial charge on any atom is 0.266 e. The summed E-state index contributed by atoms with van der Waals surface area (Å²) in [4.78, 5) is 11.1. The van der Waals surface area contributed by atoms with Crippen LogP contribution in [0.5, 0.6) is 0 Å². The Labute approximate surface area is 85.6 Å². The molecule has 1 N–H and O–H groups in total. The van der Waals surface area contributed by atoms with Crippen LogP contribution in [0, 0.1) is 0 Å². The summed E-state index contributed by atoms with van der Waals surface area (Å²) in [5, 5.41) is 0. The number of carbonyl (C=O) groups excluding carboxylic acids is 1. The maximum absolute atomic E-state index is 11.1. The molecule has 1 aliphatic heterocycles. The average molecular weight is 242 g/mol. The molecule has 0 fully saturated rings. The smallest absolute Gasteiger partial charge is 0.266 e. The third kappa shape index (κ3) is 1.47. The Bertz CT molecular complexity index is 455. The molecule has 71 valence electrons. The molecule has 1 heterocycles. The summed E-state index contributed by atoms with van der Waals surface area (Å²) >= 11 is 0. The van der Waals surface area contributed by atoms with Gasteiger partial charge in [0.05, 0.1) is 5.56 Å². The largest absolute Gasteiger partial charge is 0.268 e. The number of hydrogen-bond acceptors (Lipinski definition) is 3. The first-order valence-electron chi connectivity index (χ1n) is 3.27. The van der Waals surface area contributed by atoms with Gasteiger partial charge in [-0.3, -0.25) is 4.79 Å². The van der Waals surface area contributed by atoms with Gasteiger partial charge in [-0.2, -0.15) is 0 Å². The Morgan fingerprint density at radius 3 is 2.38 bits per heavy atom. The van der Waals surface area contributed by atoms with Gasteiger partial charge in [-0.25, -0.2) is 13.1 Å². The van der Waals surface area contributed by atoms with Crippen molar-refractivity contribution in [3.05, 3.63) is 29.8 Å². The van der Waals surface area contributed by atoms with Crippen molar-refractivity contribution in [2.75, 3.05) is 0 Å². The van der Waals surface area contributed by atoms with Crippen molar-refractivity contribution in [1.29, 1.82) is 0 Å². The first-order chi connectivity index (χ1) is 5.61. The summed E-state index contributed by atoms with van der Waals surface area (Å²) in [5.74, 6) is -0.550. The van der Waals surface area contributed by atoms with E-state index in [0.717, 1.165) is 0 Å². The van der Waals surface area contributed by atoms with E-state index < -0.39 is 15.9 Å². The Morgan fingerprint density at radius 1 is 1.15 bits per heavy atom. The topological polar surface area (TPSA) is 63.2 Å². The van der Waals surface area contributed by atoms with Gasteiger partial charge in [-0.1, -0.05) is 12.1 Å². The van der Waals surface area contributed by atoms with Crippen molar-refractivity contribution in [1.82, 2.24) is 4.72 Å². The Hall–Kier alpha value is -0.854. The number of amides is 1. The predicted molar refractivity (Wildman–Crippen MR) is 41.1 cm³/mol. The van der Waals surface area contributed by atoms with E-state index in [0.29, 0.717) is 0 Å². The second kappa shape index (κ2) is 3.13. The first kappa shape index (κ1) is 10.2. The number of nitrogens with one attached hydrogen (secondary N) is 1. The van der Waals surface area contributed by atoms with Crippen LogP contribution >= 0.6 is 0 Å². The van der Waals surface area contributed by atoms with E-state index in [-0.39, 0.29) is 27.2 Å².